The molecule has 4 rings (SSSR count). The number of carbonyl (C=O) groups is 1. The van der Waals surface area contributed by atoms with Crippen LogP contribution in [-0.2, 0) is 11.3 Å². The SMILES string of the molecule is COc1cc(CNC(=O)CSc2nc3ccccc3c(=O)n2-c2ccccc2)cc(OC)c1OC. The second-order valence-electron chi connectivity index (χ2n) is 7.49. The van der Waals surface area contributed by atoms with Crippen LogP contribution >= 0.6 is 11.8 Å². The minimum Gasteiger partial charge on any atom is -0.493 e. The first-order chi connectivity index (χ1) is 17.0. The van der Waals surface area contributed by atoms with Gasteiger partial charge in [0.25, 0.3) is 5.56 Å². The fourth-order valence-corrected chi connectivity index (χ4v) is 4.48. The summed E-state index contributed by atoms with van der Waals surface area (Å²) in [6, 6.07) is 20.0. The Labute approximate surface area is 206 Å². The van der Waals surface area contributed by atoms with Gasteiger partial charge in [-0.3, -0.25) is 14.2 Å². The molecule has 1 heterocycles. The van der Waals surface area contributed by atoms with E-state index in [4.69, 9.17) is 14.2 Å². The Morgan fingerprint density at radius 2 is 1.60 bits per heavy atom. The minimum atomic E-state index is -0.203. The molecule has 0 radical (unpaired) electrons. The topological polar surface area (TPSA) is 91.7 Å². The largest absolute Gasteiger partial charge is 0.493 e. The van der Waals surface area contributed by atoms with Gasteiger partial charge in [0.2, 0.25) is 11.7 Å². The lowest BCUT2D eigenvalue weighted by molar-refractivity contribution is -0.118. The molecule has 4 aromatic rings. The number of carbonyl (C=O) groups excluding carboxylic acids is 1. The van der Waals surface area contributed by atoms with E-state index in [1.165, 1.54) is 18.9 Å². The minimum absolute atomic E-state index is 0.0854. The van der Waals surface area contributed by atoms with Gasteiger partial charge < -0.3 is 19.5 Å². The number of aromatic nitrogens is 2. The molecule has 0 bridgehead atoms. The van der Waals surface area contributed by atoms with E-state index >= 15 is 0 Å². The summed E-state index contributed by atoms with van der Waals surface area (Å²) >= 11 is 1.21. The number of nitrogens with one attached hydrogen (secondary N) is 1. The summed E-state index contributed by atoms with van der Waals surface area (Å²) in [7, 11) is 4.62. The van der Waals surface area contributed by atoms with E-state index in [1.807, 2.05) is 42.5 Å². The molecule has 35 heavy (non-hydrogen) atoms. The number of methoxy groups -OCH3 is 3. The molecule has 0 aliphatic carbocycles. The van der Waals surface area contributed by atoms with E-state index in [0.717, 1.165) is 5.56 Å². The number of amides is 1. The molecule has 0 fully saturated rings. The molecule has 1 N–H and O–H groups in total. The molecule has 1 aromatic heterocycles. The predicted molar refractivity (Wildman–Crippen MR) is 136 cm³/mol. The third-order valence-corrected chi connectivity index (χ3v) is 6.24. The van der Waals surface area contributed by atoms with Gasteiger partial charge in [-0.1, -0.05) is 42.1 Å². The number of fused-ring (bicyclic) bond motifs is 1. The summed E-state index contributed by atoms with van der Waals surface area (Å²) in [6.45, 7) is 0.271. The molecular formula is C26H25N3O5S. The highest BCUT2D eigenvalue weighted by molar-refractivity contribution is 7.99. The number of benzene rings is 3. The fourth-order valence-electron chi connectivity index (χ4n) is 3.63. The van der Waals surface area contributed by atoms with Crippen molar-refractivity contribution in [3.8, 4) is 22.9 Å². The third-order valence-electron chi connectivity index (χ3n) is 5.31. The fraction of sp³-hybridized carbons (Fsp3) is 0.192. The van der Waals surface area contributed by atoms with E-state index in [2.05, 4.69) is 10.3 Å². The summed E-state index contributed by atoms with van der Waals surface area (Å²) in [5, 5.41) is 3.86. The second-order valence-corrected chi connectivity index (χ2v) is 8.43. The second kappa shape index (κ2) is 11.0. The molecule has 0 aliphatic rings. The summed E-state index contributed by atoms with van der Waals surface area (Å²) in [4.78, 5) is 30.6. The van der Waals surface area contributed by atoms with Crippen molar-refractivity contribution in [3.05, 3.63) is 82.6 Å². The molecule has 9 heteroatoms. The summed E-state index contributed by atoms with van der Waals surface area (Å²) in [5.41, 5.74) is 1.89. The van der Waals surface area contributed by atoms with Crippen molar-refractivity contribution in [1.82, 2.24) is 14.9 Å². The van der Waals surface area contributed by atoms with Gasteiger partial charge in [-0.15, -0.1) is 0 Å². The molecule has 0 unspecified atom stereocenters. The van der Waals surface area contributed by atoms with Crippen molar-refractivity contribution in [2.24, 2.45) is 0 Å². The van der Waals surface area contributed by atoms with Crippen LogP contribution in [0.4, 0.5) is 0 Å². The van der Waals surface area contributed by atoms with Crippen molar-refractivity contribution < 1.29 is 19.0 Å². The van der Waals surface area contributed by atoms with Crippen molar-refractivity contribution in [2.75, 3.05) is 27.1 Å². The summed E-state index contributed by atoms with van der Waals surface area (Å²) in [5.74, 6) is 1.39. The number of para-hydroxylation sites is 2. The van der Waals surface area contributed by atoms with Crippen LogP contribution < -0.4 is 25.1 Å². The molecule has 180 valence electrons. The first-order valence-corrected chi connectivity index (χ1v) is 11.8. The highest BCUT2D eigenvalue weighted by Gasteiger charge is 2.16. The van der Waals surface area contributed by atoms with Gasteiger partial charge in [0, 0.05) is 6.54 Å². The maximum Gasteiger partial charge on any atom is 0.266 e. The van der Waals surface area contributed by atoms with Gasteiger partial charge in [0.15, 0.2) is 16.7 Å². The normalized spacial score (nSPS) is 10.7. The Balaban J connectivity index is 1.53. The number of rotatable bonds is 9. The molecule has 0 saturated carbocycles. The number of nitrogens with zero attached hydrogens (tertiary/aromatic N) is 2. The van der Waals surface area contributed by atoms with Crippen LogP contribution in [0.3, 0.4) is 0 Å². The van der Waals surface area contributed by atoms with Gasteiger partial charge >= 0.3 is 0 Å². The number of hydrogen-bond donors (Lipinski definition) is 1. The molecule has 0 saturated heterocycles. The van der Waals surface area contributed by atoms with Crippen LogP contribution in [-0.4, -0.2) is 42.5 Å². The van der Waals surface area contributed by atoms with E-state index in [-0.39, 0.29) is 23.8 Å². The summed E-state index contributed by atoms with van der Waals surface area (Å²) in [6.07, 6.45) is 0. The van der Waals surface area contributed by atoms with E-state index in [0.29, 0.717) is 39.0 Å². The van der Waals surface area contributed by atoms with Crippen LogP contribution in [0.25, 0.3) is 16.6 Å². The van der Waals surface area contributed by atoms with Gasteiger partial charge in [0.1, 0.15) is 0 Å². The van der Waals surface area contributed by atoms with Gasteiger partial charge in [0.05, 0.1) is 43.7 Å². The van der Waals surface area contributed by atoms with Crippen LogP contribution in [0.2, 0.25) is 0 Å². The van der Waals surface area contributed by atoms with E-state index in [1.54, 1.807) is 43.1 Å². The molecule has 0 atom stereocenters. The third kappa shape index (κ3) is 5.25. The Morgan fingerprint density at radius 3 is 2.26 bits per heavy atom. The molecule has 0 spiro atoms. The van der Waals surface area contributed by atoms with Gasteiger partial charge in [-0.25, -0.2) is 4.98 Å². The average Bonchev–Trinajstić information content (AvgIpc) is 2.90. The molecule has 8 nitrogen and oxygen atoms in total. The van der Waals surface area contributed by atoms with Crippen LogP contribution in [0.5, 0.6) is 17.2 Å². The average molecular weight is 492 g/mol. The standard InChI is InChI=1S/C26H25N3O5S/c1-32-21-13-17(14-22(33-2)24(21)34-3)15-27-23(30)16-35-26-28-20-12-8-7-11-19(20)25(31)29(26)18-9-5-4-6-10-18/h4-14H,15-16H2,1-3H3,(H,27,30). The van der Waals surface area contributed by atoms with Crippen molar-refractivity contribution in [2.45, 2.75) is 11.7 Å². The van der Waals surface area contributed by atoms with Crippen LogP contribution in [0.15, 0.2) is 76.7 Å². The number of thioether (sulfide) groups is 1. The molecule has 0 aliphatic heterocycles. The zero-order valence-corrected chi connectivity index (χ0v) is 20.4. The van der Waals surface area contributed by atoms with Gasteiger partial charge in [-0.2, -0.15) is 0 Å². The Bertz CT molecular complexity index is 1380. The summed E-state index contributed by atoms with van der Waals surface area (Å²) < 4.78 is 17.6. The Kier molecular flexibility index (Phi) is 7.57. The maximum absolute atomic E-state index is 13.3. The maximum atomic E-state index is 13.3. The smallest absolute Gasteiger partial charge is 0.266 e. The predicted octanol–water partition coefficient (Wildman–Crippen LogP) is 3.82. The zero-order valence-electron chi connectivity index (χ0n) is 19.6. The first-order valence-electron chi connectivity index (χ1n) is 10.8. The van der Waals surface area contributed by atoms with Crippen LogP contribution in [0, 0.1) is 0 Å². The van der Waals surface area contributed by atoms with Crippen LogP contribution in [0.1, 0.15) is 5.56 Å². The highest BCUT2D eigenvalue weighted by Crippen LogP contribution is 2.38. The molecule has 3 aromatic carbocycles. The number of hydrogen-bond acceptors (Lipinski definition) is 7. The highest BCUT2D eigenvalue weighted by atomic mass is 32.2. The molecule has 1 amide bonds. The molecular weight excluding hydrogens is 466 g/mol. The van der Waals surface area contributed by atoms with Crippen molar-refractivity contribution in [1.29, 1.82) is 0 Å². The lowest BCUT2D eigenvalue weighted by atomic mass is 10.2. The van der Waals surface area contributed by atoms with E-state index < -0.39 is 0 Å². The van der Waals surface area contributed by atoms with Crippen molar-refractivity contribution in [3.63, 3.8) is 0 Å². The van der Waals surface area contributed by atoms with Gasteiger partial charge in [-0.05, 0) is 42.0 Å². The first kappa shape index (κ1) is 24.2. The lowest BCUT2D eigenvalue weighted by Gasteiger charge is -2.15. The Morgan fingerprint density at radius 1 is 0.943 bits per heavy atom. The van der Waals surface area contributed by atoms with E-state index in [9.17, 15) is 9.59 Å². The van der Waals surface area contributed by atoms with Crippen molar-refractivity contribution >= 4 is 28.6 Å². The quantitative estimate of drug-likeness (QED) is 0.281. The Hall–Kier alpha value is -3.98. The number of ether oxygens (including phenoxy) is 3. The monoisotopic (exact) mass is 491 g/mol. The lowest BCUT2D eigenvalue weighted by Crippen LogP contribution is -2.26. The zero-order chi connectivity index (χ0) is 24.8.